The van der Waals surface area contributed by atoms with E-state index < -0.39 is 5.54 Å². The number of hydrogen-bond acceptors (Lipinski definition) is 5. The third-order valence-electron chi connectivity index (χ3n) is 7.37. The van der Waals surface area contributed by atoms with E-state index >= 15 is 0 Å². The molecule has 2 saturated heterocycles. The van der Waals surface area contributed by atoms with Crippen molar-refractivity contribution in [3.05, 3.63) is 23.8 Å². The fraction of sp³-hybridized carbons (Fsp3) is 0.652. The number of carbonyl (C=O) groups excluding carboxylic acids is 2. The highest BCUT2D eigenvalue weighted by Crippen LogP contribution is 2.46. The summed E-state index contributed by atoms with van der Waals surface area (Å²) in [5.41, 5.74) is 0.253. The molecule has 1 aromatic carbocycles. The van der Waals surface area contributed by atoms with Crippen molar-refractivity contribution in [1.29, 1.82) is 0 Å². The first-order valence-electron chi connectivity index (χ1n) is 11.3. The van der Waals surface area contributed by atoms with Gasteiger partial charge in [0.05, 0.1) is 12.5 Å². The maximum absolute atomic E-state index is 13.7. The molecule has 1 aromatic rings. The van der Waals surface area contributed by atoms with E-state index in [4.69, 9.17) is 9.47 Å². The van der Waals surface area contributed by atoms with Crippen LogP contribution in [0, 0.1) is 0 Å². The molecular formula is C23H31N3O4. The quantitative estimate of drug-likeness (QED) is 0.769. The number of nitrogens with zero attached hydrogens (tertiary/aromatic N) is 2. The zero-order chi connectivity index (χ0) is 20.7. The summed E-state index contributed by atoms with van der Waals surface area (Å²) in [6, 6.07) is 6.02. The van der Waals surface area contributed by atoms with E-state index in [1.807, 2.05) is 23.1 Å². The zero-order valence-electron chi connectivity index (χ0n) is 17.7. The van der Waals surface area contributed by atoms with Crippen molar-refractivity contribution in [2.24, 2.45) is 0 Å². The third kappa shape index (κ3) is 3.33. The number of hydrogen-bond donors (Lipinski definition) is 1. The third-order valence-corrected chi connectivity index (χ3v) is 7.37. The average Bonchev–Trinajstić information content (AvgIpc) is 3.22. The number of nitrogens with one attached hydrogen (secondary N) is 1. The number of benzene rings is 1. The van der Waals surface area contributed by atoms with Gasteiger partial charge in [-0.3, -0.25) is 9.59 Å². The van der Waals surface area contributed by atoms with E-state index in [0.29, 0.717) is 19.3 Å². The number of amides is 2. The Balaban J connectivity index is 1.42. The molecule has 7 heteroatoms. The molecular weight excluding hydrogens is 382 g/mol. The maximum atomic E-state index is 13.7. The molecule has 3 heterocycles. The van der Waals surface area contributed by atoms with Crippen molar-refractivity contribution in [1.82, 2.24) is 15.1 Å². The van der Waals surface area contributed by atoms with Gasteiger partial charge in [-0.05, 0) is 50.4 Å². The molecule has 0 radical (unpaired) electrons. The van der Waals surface area contributed by atoms with Gasteiger partial charge in [0.15, 0.2) is 11.5 Å². The second kappa shape index (κ2) is 7.76. The number of fused-ring (bicyclic) bond motifs is 1. The van der Waals surface area contributed by atoms with Crippen LogP contribution in [0.4, 0.5) is 0 Å². The molecule has 0 spiro atoms. The molecule has 1 N–H and O–H groups in total. The summed E-state index contributed by atoms with van der Waals surface area (Å²) in [6.07, 6.45) is 7.46. The van der Waals surface area contributed by atoms with E-state index in [-0.39, 0.29) is 30.7 Å². The first kappa shape index (κ1) is 19.7. The van der Waals surface area contributed by atoms with Crippen molar-refractivity contribution in [2.75, 3.05) is 26.9 Å². The summed E-state index contributed by atoms with van der Waals surface area (Å²) in [5.74, 6) is 1.57. The van der Waals surface area contributed by atoms with Crippen LogP contribution in [0.5, 0.6) is 11.5 Å². The Morgan fingerprint density at radius 2 is 1.83 bits per heavy atom. The molecule has 162 valence electrons. The fourth-order valence-corrected chi connectivity index (χ4v) is 5.47. The minimum atomic E-state index is -0.764. The molecule has 1 saturated carbocycles. The van der Waals surface area contributed by atoms with Crippen LogP contribution in [0.1, 0.15) is 63.0 Å². The first-order valence-corrected chi connectivity index (χ1v) is 11.3. The van der Waals surface area contributed by atoms with Crippen molar-refractivity contribution in [2.45, 2.75) is 69.0 Å². The minimum absolute atomic E-state index is 0.0429. The molecule has 1 aliphatic carbocycles. The van der Waals surface area contributed by atoms with Crippen molar-refractivity contribution in [3.8, 4) is 11.5 Å². The molecule has 7 nitrogen and oxygen atoms in total. The highest BCUT2D eigenvalue weighted by Gasteiger charge is 2.55. The van der Waals surface area contributed by atoms with Gasteiger partial charge in [-0.15, -0.1) is 0 Å². The molecule has 0 bridgehead atoms. The van der Waals surface area contributed by atoms with E-state index in [0.717, 1.165) is 43.0 Å². The Kier molecular flexibility index (Phi) is 5.09. The van der Waals surface area contributed by atoms with E-state index in [9.17, 15) is 9.59 Å². The van der Waals surface area contributed by atoms with Crippen LogP contribution in [0.2, 0.25) is 0 Å². The lowest BCUT2D eigenvalue weighted by Crippen LogP contribution is -2.69. The summed E-state index contributed by atoms with van der Waals surface area (Å²) in [5, 5.41) is 3.33. The van der Waals surface area contributed by atoms with Crippen molar-refractivity contribution in [3.63, 3.8) is 0 Å². The summed E-state index contributed by atoms with van der Waals surface area (Å²) < 4.78 is 11.0. The van der Waals surface area contributed by atoms with Crippen LogP contribution < -0.4 is 14.8 Å². The highest BCUT2D eigenvalue weighted by molar-refractivity contribution is 5.95. The van der Waals surface area contributed by atoms with Gasteiger partial charge in [0.1, 0.15) is 5.54 Å². The van der Waals surface area contributed by atoms with Crippen LogP contribution in [0.3, 0.4) is 0 Å². The molecule has 1 unspecified atom stereocenters. The van der Waals surface area contributed by atoms with Crippen LogP contribution in [0.15, 0.2) is 18.2 Å². The summed E-state index contributed by atoms with van der Waals surface area (Å²) in [6.45, 7) is 1.86. The second-order valence-electron chi connectivity index (χ2n) is 9.24. The van der Waals surface area contributed by atoms with Gasteiger partial charge in [-0.2, -0.15) is 0 Å². The minimum Gasteiger partial charge on any atom is -0.454 e. The van der Waals surface area contributed by atoms with Crippen LogP contribution in [-0.4, -0.2) is 60.1 Å². The smallest absolute Gasteiger partial charge is 0.246 e. The Hall–Kier alpha value is -2.28. The van der Waals surface area contributed by atoms with Crippen LogP contribution in [-0.2, 0) is 9.59 Å². The summed E-state index contributed by atoms with van der Waals surface area (Å²) in [7, 11) is 2.08. The lowest BCUT2D eigenvalue weighted by molar-refractivity contribution is -0.169. The van der Waals surface area contributed by atoms with Crippen molar-refractivity contribution < 1.29 is 19.1 Å². The van der Waals surface area contributed by atoms with Gasteiger partial charge in [0, 0.05) is 19.1 Å². The summed E-state index contributed by atoms with van der Waals surface area (Å²) in [4.78, 5) is 30.7. The number of carbonyl (C=O) groups is 2. The number of rotatable bonds is 4. The Morgan fingerprint density at radius 3 is 2.57 bits per heavy atom. The lowest BCUT2D eigenvalue weighted by atomic mass is 9.77. The summed E-state index contributed by atoms with van der Waals surface area (Å²) >= 11 is 0. The number of ether oxygens (including phenoxy) is 2. The van der Waals surface area contributed by atoms with Crippen LogP contribution >= 0.6 is 0 Å². The number of β-lactam (4-membered cyclic amide) rings is 1. The lowest BCUT2D eigenvalue weighted by Gasteiger charge is -2.55. The molecule has 5 rings (SSSR count). The monoisotopic (exact) mass is 413 g/mol. The van der Waals surface area contributed by atoms with Gasteiger partial charge in [-0.1, -0.05) is 25.3 Å². The van der Waals surface area contributed by atoms with E-state index in [2.05, 4.69) is 17.3 Å². The molecule has 1 atom stereocenters. The maximum Gasteiger partial charge on any atom is 0.246 e. The van der Waals surface area contributed by atoms with Crippen LogP contribution in [0.25, 0.3) is 0 Å². The molecule has 2 amide bonds. The number of likely N-dealkylation sites (tertiary alicyclic amines) is 2. The Bertz CT molecular complexity index is 828. The topological polar surface area (TPSA) is 71.1 Å². The van der Waals surface area contributed by atoms with Gasteiger partial charge in [-0.25, -0.2) is 0 Å². The van der Waals surface area contributed by atoms with E-state index in [1.165, 1.54) is 19.3 Å². The zero-order valence-corrected chi connectivity index (χ0v) is 17.7. The predicted molar refractivity (Wildman–Crippen MR) is 111 cm³/mol. The van der Waals surface area contributed by atoms with Crippen molar-refractivity contribution >= 4 is 11.8 Å². The van der Waals surface area contributed by atoms with Gasteiger partial charge >= 0.3 is 0 Å². The SMILES string of the molecule is CN1CCC(C(=O)NC2CCCCC2)(N2C(=O)CC2c2ccc3c(c2)OCO3)CC1. The Morgan fingerprint density at radius 1 is 1.10 bits per heavy atom. The largest absolute Gasteiger partial charge is 0.454 e. The Labute approximate surface area is 177 Å². The van der Waals surface area contributed by atoms with Gasteiger partial charge in [0.25, 0.3) is 0 Å². The molecule has 3 fully saturated rings. The standard InChI is InChI=1S/C23H31N3O4/c1-25-11-9-23(10-12-25,22(28)24-17-5-3-2-4-6-17)26-18(14-21(26)27)16-7-8-19-20(13-16)30-15-29-19/h7-8,13,17-18H,2-6,9-12,14-15H2,1H3,(H,24,28). The highest BCUT2D eigenvalue weighted by atomic mass is 16.7. The second-order valence-corrected chi connectivity index (χ2v) is 9.24. The molecule has 0 aromatic heterocycles. The number of piperidine rings is 1. The molecule has 3 aliphatic heterocycles. The average molecular weight is 414 g/mol. The van der Waals surface area contributed by atoms with E-state index in [1.54, 1.807) is 0 Å². The first-order chi connectivity index (χ1) is 14.6. The van der Waals surface area contributed by atoms with Gasteiger partial charge < -0.3 is 24.6 Å². The predicted octanol–water partition coefficient (Wildman–Crippen LogP) is 2.60. The normalized spacial score (nSPS) is 26.4. The molecule has 30 heavy (non-hydrogen) atoms. The molecule has 4 aliphatic rings. The fourth-order valence-electron chi connectivity index (χ4n) is 5.47. The van der Waals surface area contributed by atoms with Gasteiger partial charge in [0.2, 0.25) is 18.6 Å².